The Labute approximate surface area is 145 Å². The van der Waals surface area contributed by atoms with E-state index in [2.05, 4.69) is 6.07 Å². The van der Waals surface area contributed by atoms with Gasteiger partial charge in [0.1, 0.15) is 17.2 Å². The fourth-order valence-corrected chi connectivity index (χ4v) is 3.34. The van der Waals surface area contributed by atoms with Gasteiger partial charge in [0, 0.05) is 11.6 Å². The minimum Gasteiger partial charge on any atom is -0.508 e. The molecule has 0 aliphatic heterocycles. The third-order valence-electron chi connectivity index (χ3n) is 4.61. The molecule has 1 aliphatic carbocycles. The highest BCUT2D eigenvalue weighted by Gasteiger charge is 2.26. The summed E-state index contributed by atoms with van der Waals surface area (Å²) in [4.78, 5) is 0. The van der Waals surface area contributed by atoms with Gasteiger partial charge in [0.2, 0.25) is 0 Å². The topological polar surface area (TPSA) is 72.0 Å². The van der Waals surface area contributed by atoms with E-state index in [1.54, 1.807) is 24.3 Å². The SMILES string of the molecule is Oc1ccc(/C=C2\CCCCc3cc4ccc(O)cc4[o+]c32)c(O)c1. The molecule has 0 saturated carbocycles. The number of benzene rings is 2. The van der Waals surface area contributed by atoms with Crippen LogP contribution < -0.4 is 0 Å². The van der Waals surface area contributed by atoms with Crippen LogP contribution in [0.1, 0.15) is 36.1 Å². The first-order valence-electron chi connectivity index (χ1n) is 8.42. The first-order chi connectivity index (χ1) is 12.1. The van der Waals surface area contributed by atoms with E-state index in [9.17, 15) is 15.3 Å². The summed E-state index contributed by atoms with van der Waals surface area (Å²) in [5.74, 6) is 1.05. The number of aromatic hydroxyl groups is 3. The molecule has 4 heteroatoms. The van der Waals surface area contributed by atoms with Crippen molar-refractivity contribution in [3.05, 3.63) is 59.4 Å². The van der Waals surface area contributed by atoms with Crippen molar-refractivity contribution in [1.29, 1.82) is 0 Å². The lowest BCUT2D eigenvalue weighted by atomic mass is 10.0. The Hall–Kier alpha value is -3.01. The molecule has 25 heavy (non-hydrogen) atoms. The molecular weight excluding hydrogens is 316 g/mol. The zero-order valence-corrected chi connectivity index (χ0v) is 13.7. The summed E-state index contributed by atoms with van der Waals surface area (Å²) in [6, 6.07) is 11.8. The Morgan fingerprint density at radius 3 is 2.44 bits per heavy atom. The van der Waals surface area contributed by atoms with Gasteiger partial charge in [-0.15, -0.1) is 0 Å². The van der Waals surface area contributed by atoms with E-state index in [0.717, 1.165) is 48.0 Å². The zero-order valence-electron chi connectivity index (χ0n) is 13.7. The first-order valence-corrected chi connectivity index (χ1v) is 8.42. The molecule has 4 rings (SSSR count). The van der Waals surface area contributed by atoms with Gasteiger partial charge in [-0.2, -0.15) is 0 Å². The Bertz CT molecular complexity index is 989. The second-order valence-corrected chi connectivity index (χ2v) is 6.44. The molecule has 0 radical (unpaired) electrons. The van der Waals surface area contributed by atoms with E-state index in [1.165, 1.54) is 6.07 Å². The number of phenols is 3. The maximum absolute atomic E-state index is 10.1. The van der Waals surface area contributed by atoms with Gasteiger partial charge in [0.15, 0.2) is 0 Å². The van der Waals surface area contributed by atoms with Gasteiger partial charge in [0.25, 0.3) is 0 Å². The molecule has 4 nitrogen and oxygen atoms in total. The Morgan fingerprint density at radius 1 is 0.840 bits per heavy atom. The van der Waals surface area contributed by atoms with Crippen LogP contribution in [0.15, 0.2) is 46.9 Å². The van der Waals surface area contributed by atoms with Crippen molar-refractivity contribution in [1.82, 2.24) is 0 Å². The summed E-state index contributed by atoms with van der Waals surface area (Å²) in [6.07, 6.45) is 5.81. The largest absolute Gasteiger partial charge is 0.508 e. The van der Waals surface area contributed by atoms with Crippen molar-refractivity contribution in [2.24, 2.45) is 0 Å². The van der Waals surface area contributed by atoms with Crippen LogP contribution in [0.25, 0.3) is 22.6 Å². The average Bonchev–Trinajstić information content (AvgIpc) is 2.77. The van der Waals surface area contributed by atoms with Gasteiger partial charge in [-0.05, 0) is 62.1 Å². The van der Waals surface area contributed by atoms with Crippen LogP contribution in [0.2, 0.25) is 0 Å². The lowest BCUT2D eigenvalue weighted by Crippen LogP contribution is -1.91. The number of fused-ring (bicyclic) bond motifs is 2. The van der Waals surface area contributed by atoms with Crippen LogP contribution in [-0.2, 0) is 6.42 Å². The lowest BCUT2D eigenvalue weighted by molar-refractivity contribution is 0.450. The van der Waals surface area contributed by atoms with Crippen LogP contribution in [-0.4, -0.2) is 15.3 Å². The number of phenolic OH excluding ortho intramolecular Hbond substituents is 3. The number of rotatable bonds is 1. The summed E-state index contributed by atoms with van der Waals surface area (Å²) in [5.41, 5.74) is 3.44. The standard InChI is InChI=1S/C21H18O4/c22-17-7-5-13(19(24)11-17)9-15-3-1-2-4-16-10-14-6-8-18(23)12-20(14)25-21(15)16/h5-12H,1-4H2,(H2-,22,23,24)/p+1/b15-9+. The highest BCUT2D eigenvalue weighted by atomic mass is 16.3. The maximum Gasteiger partial charge on any atom is 0.364 e. The molecule has 0 unspecified atom stereocenters. The van der Waals surface area contributed by atoms with Crippen molar-refractivity contribution < 1.29 is 19.7 Å². The molecule has 1 aliphatic rings. The predicted octanol–water partition coefficient (Wildman–Crippen LogP) is 5.10. The highest BCUT2D eigenvalue weighted by Crippen LogP contribution is 2.36. The Balaban J connectivity index is 1.89. The van der Waals surface area contributed by atoms with Gasteiger partial charge >= 0.3 is 11.3 Å². The minimum atomic E-state index is 0.0343. The van der Waals surface area contributed by atoms with E-state index in [1.807, 2.05) is 12.1 Å². The number of allylic oxidation sites excluding steroid dienone is 1. The van der Waals surface area contributed by atoms with E-state index < -0.39 is 0 Å². The van der Waals surface area contributed by atoms with Crippen LogP contribution in [0.4, 0.5) is 0 Å². The van der Waals surface area contributed by atoms with Gasteiger partial charge in [-0.1, -0.05) is 0 Å². The summed E-state index contributed by atoms with van der Waals surface area (Å²) < 4.78 is 6.13. The second-order valence-electron chi connectivity index (χ2n) is 6.44. The second kappa shape index (κ2) is 6.13. The molecule has 2 aromatic carbocycles. The summed E-state index contributed by atoms with van der Waals surface area (Å²) >= 11 is 0. The minimum absolute atomic E-state index is 0.0343. The molecule has 0 bridgehead atoms. The molecule has 0 spiro atoms. The molecule has 0 fully saturated rings. The van der Waals surface area contributed by atoms with Crippen molar-refractivity contribution in [2.45, 2.75) is 25.7 Å². The Kier molecular flexibility index (Phi) is 3.80. The van der Waals surface area contributed by atoms with Crippen LogP contribution >= 0.6 is 0 Å². The highest BCUT2D eigenvalue weighted by molar-refractivity contribution is 5.86. The van der Waals surface area contributed by atoms with Crippen molar-refractivity contribution >= 4 is 22.6 Å². The van der Waals surface area contributed by atoms with E-state index in [4.69, 9.17) is 4.42 Å². The molecule has 3 aromatic rings. The quantitative estimate of drug-likeness (QED) is 0.427. The van der Waals surface area contributed by atoms with Crippen LogP contribution in [0.3, 0.4) is 0 Å². The molecule has 0 saturated heterocycles. The van der Waals surface area contributed by atoms with Gasteiger partial charge in [-0.3, -0.25) is 0 Å². The molecule has 0 atom stereocenters. The molecule has 1 heterocycles. The number of aryl methyl sites for hydroxylation is 1. The van der Waals surface area contributed by atoms with Gasteiger partial charge in [0.05, 0.1) is 22.6 Å². The van der Waals surface area contributed by atoms with Gasteiger partial charge in [-0.25, -0.2) is 4.42 Å². The summed E-state index contributed by atoms with van der Waals surface area (Å²) in [6.45, 7) is 0. The fourth-order valence-electron chi connectivity index (χ4n) is 3.34. The van der Waals surface area contributed by atoms with Gasteiger partial charge < -0.3 is 15.3 Å². The summed E-state index contributed by atoms with van der Waals surface area (Å²) in [5, 5.41) is 30.2. The number of hydrogen-bond acceptors (Lipinski definition) is 3. The smallest absolute Gasteiger partial charge is 0.364 e. The number of hydrogen-bond donors (Lipinski definition) is 3. The molecule has 126 valence electrons. The van der Waals surface area contributed by atoms with Crippen LogP contribution in [0, 0.1) is 0 Å². The monoisotopic (exact) mass is 335 g/mol. The average molecular weight is 335 g/mol. The van der Waals surface area contributed by atoms with Crippen molar-refractivity contribution in [3.63, 3.8) is 0 Å². The molecular formula is C21H19O4+. The third-order valence-corrected chi connectivity index (χ3v) is 4.61. The molecule has 1 aromatic heterocycles. The zero-order chi connectivity index (χ0) is 17.4. The molecule has 3 N–H and O–H groups in total. The van der Waals surface area contributed by atoms with Crippen LogP contribution in [0.5, 0.6) is 17.2 Å². The predicted molar refractivity (Wildman–Crippen MR) is 97.5 cm³/mol. The van der Waals surface area contributed by atoms with Crippen molar-refractivity contribution in [2.75, 3.05) is 0 Å². The summed E-state index contributed by atoms with van der Waals surface area (Å²) in [7, 11) is 0. The fraction of sp³-hybridized carbons (Fsp3) is 0.190. The maximum atomic E-state index is 10.1. The molecule has 0 amide bonds. The third kappa shape index (κ3) is 3.03. The van der Waals surface area contributed by atoms with Crippen molar-refractivity contribution in [3.8, 4) is 17.2 Å². The van der Waals surface area contributed by atoms with E-state index in [-0.39, 0.29) is 17.2 Å². The lowest BCUT2D eigenvalue weighted by Gasteiger charge is -2.03. The van der Waals surface area contributed by atoms with E-state index >= 15 is 0 Å². The first kappa shape index (κ1) is 15.5. The Morgan fingerprint density at radius 2 is 1.60 bits per heavy atom. The normalized spacial score (nSPS) is 15.9. The van der Waals surface area contributed by atoms with E-state index in [0.29, 0.717) is 11.1 Å².